The van der Waals surface area contributed by atoms with Gasteiger partial charge in [-0.15, -0.1) is 0 Å². The molecule has 2 aliphatic rings. The van der Waals surface area contributed by atoms with E-state index in [9.17, 15) is 14.0 Å². The number of nitrogens with zero attached hydrogens (tertiary/aromatic N) is 3. The lowest BCUT2D eigenvalue weighted by Gasteiger charge is -2.35. The molecule has 2 fully saturated rings. The van der Waals surface area contributed by atoms with Gasteiger partial charge in [0.15, 0.2) is 0 Å². The molecule has 27 heavy (non-hydrogen) atoms. The van der Waals surface area contributed by atoms with Crippen molar-refractivity contribution in [2.75, 3.05) is 39.3 Å². The average Bonchev–Trinajstić information content (AvgIpc) is 2.91. The normalized spacial score (nSPS) is 21.5. The van der Waals surface area contributed by atoms with E-state index in [4.69, 9.17) is 4.74 Å². The van der Waals surface area contributed by atoms with Crippen LogP contribution in [0.15, 0.2) is 24.3 Å². The molecule has 2 heterocycles. The molecule has 1 atom stereocenters. The van der Waals surface area contributed by atoms with E-state index in [0.29, 0.717) is 32.2 Å². The topological polar surface area (TPSA) is 53.1 Å². The molecular weight excluding hydrogens is 349 g/mol. The summed E-state index contributed by atoms with van der Waals surface area (Å²) < 4.78 is 18.1. The van der Waals surface area contributed by atoms with Crippen LogP contribution >= 0.6 is 0 Å². The van der Waals surface area contributed by atoms with E-state index in [0.717, 1.165) is 25.1 Å². The highest BCUT2D eigenvalue weighted by Gasteiger charge is 2.32. The van der Waals surface area contributed by atoms with E-state index in [1.54, 1.807) is 0 Å². The van der Waals surface area contributed by atoms with E-state index in [2.05, 4.69) is 18.7 Å². The van der Waals surface area contributed by atoms with Gasteiger partial charge < -0.3 is 9.64 Å². The fraction of sp³-hybridized carbons (Fsp3) is 0.600. The van der Waals surface area contributed by atoms with Crippen molar-refractivity contribution in [1.82, 2.24) is 14.7 Å². The first-order valence-corrected chi connectivity index (χ1v) is 9.62. The molecule has 1 aromatic carbocycles. The standard InChI is InChI=1S/C20H28FN3O3/c1-15(2)18-13-23(19(25)14-24-10-11-27-20(24)26)9-3-8-22(18)12-16-4-6-17(21)7-5-16/h4-7,15,18H,3,8-14H2,1-2H3. The minimum Gasteiger partial charge on any atom is -0.448 e. The van der Waals surface area contributed by atoms with Crippen molar-refractivity contribution in [3.8, 4) is 0 Å². The van der Waals surface area contributed by atoms with Crippen LogP contribution in [0.25, 0.3) is 0 Å². The Morgan fingerprint density at radius 2 is 1.96 bits per heavy atom. The van der Waals surface area contributed by atoms with Crippen molar-refractivity contribution in [3.63, 3.8) is 0 Å². The molecule has 0 spiro atoms. The van der Waals surface area contributed by atoms with Gasteiger partial charge in [-0.2, -0.15) is 0 Å². The Labute approximate surface area is 159 Å². The average molecular weight is 377 g/mol. The van der Waals surface area contributed by atoms with Crippen molar-refractivity contribution in [2.45, 2.75) is 32.9 Å². The predicted molar refractivity (Wildman–Crippen MR) is 99.6 cm³/mol. The highest BCUT2D eigenvalue weighted by molar-refractivity contribution is 5.83. The molecule has 0 aliphatic carbocycles. The van der Waals surface area contributed by atoms with Gasteiger partial charge in [0.1, 0.15) is 19.0 Å². The molecule has 1 aromatic rings. The molecule has 148 valence electrons. The van der Waals surface area contributed by atoms with Crippen LogP contribution in [-0.2, 0) is 16.1 Å². The number of benzene rings is 1. The van der Waals surface area contributed by atoms with Gasteiger partial charge >= 0.3 is 6.09 Å². The lowest BCUT2D eigenvalue weighted by molar-refractivity contribution is -0.132. The molecule has 7 heteroatoms. The molecule has 1 unspecified atom stereocenters. The number of hydrogen-bond donors (Lipinski definition) is 0. The van der Waals surface area contributed by atoms with Crippen molar-refractivity contribution in [2.24, 2.45) is 5.92 Å². The Morgan fingerprint density at radius 1 is 1.22 bits per heavy atom. The fourth-order valence-corrected chi connectivity index (χ4v) is 3.78. The first kappa shape index (κ1) is 19.6. The van der Waals surface area contributed by atoms with Crippen LogP contribution < -0.4 is 0 Å². The number of ether oxygens (including phenoxy) is 1. The minimum atomic E-state index is -0.406. The van der Waals surface area contributed by atoms with Gasteiger partial charge in [0, 0.05) is 32.2 Å². The Hall–Kier alpha value is -2.15. The lowest BCUT2D eigenvalue weighted by Crippen LogP contribution is -2.48. The molecular formula is C20H28FN3O3. The van der Waals surface area contributed by atoms with Gasteiger partial charge in [-0.1, -0.05) is 26.0 Å². The molecule has 3 rings (SSSR count). The summed E-state index contributed by atoms with van der Waals surface area (Å²) >= 11 is 0. The Balaban J connectivity index is 1.66. The van der Waals surface area contributed by atoms with Gasteiger partial charge in [-0.25, -0.2) is 9.18 Å². The van der Waals surface area contributed by atoms with E-state index in [1.165, 1.54) is 17.0 Å². The van der Waals surface area contributed by atoms with Gasteiger partial charge in [-0.3, -0.25) is 14.6 Å². The van der Waals surface area contributed by atoms with Gasteiger partial charge in [0.2, 0.25) is 5.91 Å². The number of amides is 2. The van der Waals surface area contributed by atoms with Crippen LogP contribution in [0.4, 0.5) is 9.18 Å². The van der Waals surface area contributed by atoms with Crippen LogP contribution in [0.5, 0.6) is 0 Å². The van der Waals surface area contributed by atoms with Crippen LogP contribution in [0, 0.1) is 11.7 Å². The predicted octanol–water partition coefficient (Wildman–Crippen LogP) is 2.34. The summed E-state index contributed by atoms with van der Waals surface area (Å²) in [5.41, 5.74) is 1.07. The summed E-state index contributed by atoms with van der Waals surface area (Å²) in [4.78, 5) is 30.1. The Bertz CT molecular complexity index is 665. The SMILES string of the molecule is CC(C)C1CN(C(=O)CN2CCOC2=O)CCCN1Cc1ccc(F)cc1. The van der Waals surface area contributed by atoms with Crippen molar-refractivity contribution >= 4 is 12.0 Å². The van der Waals surface area contributed by atoms with Crippen LogP contribution in [0.1, 0.15) is 25.8 Å². The van der Waals surface area contributed by atoms with Crippen LogP contribution in [-0.4, -0.2) is 72.1 Å². The second kappa shape index (κ2) is 8.69. The molecule has 0 bridgehead atoms. The number of rotatable bonds is 5. The molecule has 6 nitrogen and oxygen atoms in total. The molecule has 0 radical (unpaired) electrons. The Kier molecular flexibility index (Phi) is 6.31. The first-order chi connectivity index (χ1) is 12.9. The fourth-order valence-electron chi connectivity index (χ4n) is 3.78. The zero-order valence-corrected chi connectivity index (χ0v) is 16.1. The number of hydrogen-bond acceptors (Lipinski definition) is 4. The number of carbonyl (C=O) groups excluding carboxylic acids is 2. The molecule has 2 amide bonds. The summed E-state index contributed by atoms with van der Waals surface area (Å²) in [6, 6.07) is 6.83. The number of cyclic esters (lactones) is 1. The zero-order chi connectivity index (χ0) is 19.4. The second-order valence-electron chi connectivity index (χ2n) is 7.64. The van der Waals surface area contributed by atoms with E-state index < -0.39 is 6.09 Å². The maximum absolute atomic E-state index is 13.2. The van der Waals surface area contributed by atoms with Gasteiger partial charge in [0.25, 0.3) is 0 Å². The summed E-state index contributed by atoms with van der Waals surface area (Å²) in [6.07, 6.45) is 0.470. The smallest absolute Gasteiger partial charge is 0.410 e. The van der Waals surface area contributed by atoms with Crippen molar-refractivity contribution in [1.29, 1.82) is 0 Å². The summed E-state index contributed by atoms with van der Waals surface area (Å²) in [5, 5.41) is 0. The zero-order valence-electron chi connectivity index (χ0n) is 16.1. The summed E-state index contributed by atoms with van der Waals surface area (Å²) in [6.45, 7) is 8.18. The maximum Gasteiger partial charge on any atom is 0.410 e. The molecule has 0 aromatic heterocycles. The third kappa shape index (κ3) is 4.97. The summed E-state index contributed by atoms with van der Waals surface area (Å²) in [7, 11) is 0. The highest BCUT2D eigenvalue weighted by atomic mass is 19.1. The second-order valence-corrected chi connectivity index (χ2v) is 7.64. The molecule has 0 N–H and O–H groups in total. The van der Waals surface area contributed by atoms with Gasteiger partial charge in [0.05, 0.1) is 6.54 Å². The molecule has 0 saturated carbocycles. The first-order valence-electron chi connectivity index (χ1n) is 9.62. The monoisotopic (exact) mass is 377 g/mol. The van der Waals surface area contributed by atoms with Crippen LogP contribution in [0.3, 0.4) is 0 Å². The Morgan fingerprint density at radius 3 is 2.59 bits per heavy atom. The molecule has 2 saturated heterocycles. The highest BCUT2D eigenvalue weighted by Crippen LogP contribution is 2.20. The third-order valence-corrected chi connectivity index (χ3v) is 5.34. The maximum atomic E-state index is 13.2. The lowest BCUT2D eigenvalue weighted by atomic mass is 10.0. The van der Waals surface area contributed by atoms with Crippen molar-refractivity contribution < 1.29 is 18.7 Å². The number of carbonyl (C=O) groups is 2. The van der Waals surface area contributed by atoms with Crippen molar-refractivity contribution in [3.05, 3.63) is 35.6 Å². The molecule has 2 aliphatic heterocycles. The van der Waals surface area contributed by atoms with E-state index in [1.807, 2.05) is 17.0 Å². The van der Waals surface area contributed by atoms with E-state index in [-0.39, 0.29) is 24.3 Å². The third-order valence-electron chi connectivity index (χ3n) is 5.34. The quantitative estimate of drug-likeness (QED) is 0.790. The largest absolute Gasteiger partial charge is 0.448 e. The minimum absolute atomic E-state index is 0.0249. The van der Waals surface area contributed by atoms with E-state index >= 15 is 0 Å². The van der Waals surface area contributed by atoms with Gasteiger partial charge in [-0.05, 0) is 30.0 Å². The number of halogens is 1. The summed E-state index contributed by atoms with van der Waals surface area (Å²) in [5.74, 6) is 0.117. The van der Waals surface area contributed by atoms with Crippen LogP contribution in [0.2, 0.25) is 0 Å².